The Morgan fingerprint density at radius 1 is 0.900 bits per heavy atom. The summed E-state index contributed by atoms with van der Waals surface area (Å²) in [5, 5.41) is -0.462. The minimum Gasteiger partial charge on any atom is -0.228 e. The number of pyridine rings is 1. The van der Waals surface area contributed by atoms with Gasteiger partial charge in [0.15, 0.2) is 0 Å². The average molecular weight is 345 g/mol. The van der Waals surface area contributed by atoms with Crippen LogP contribution in [0.5, 0.6) is 0 Å². The lowest BCUT2D eigenvalue weighted by atomic mass is 10.0. The molecule has 0 aliphatic carbocycles. The van der Waals surface area contributed by atoms with E-state index in [1.165, 1.54) is 12.1 Å². The topological polar surface area (TPSA) is 12.9 Å². The van der Waals surface area contributed by atoms with Crippen molar-refractivity contribution < 1.29 is 17.6 Å². The number of hydrogen-bond donors (Lipinski definition) is 0. The predicted octanol–water partition coefficient (Wildman–Crippen LogP) is 5.87. The Balaban J connectivity index is 2.87. The molecule has 0 radical (unpaired) electrons. The number of rotatable bonds is 1. The second-order valence-corrected chi connectivity index (χ2v) is 4.93. The second-order valence-electron chi connectivity index (χ2n) is 3.74. The van der Waals surface area contributed by atoms with Gasteiger partial charge in [0.1, 0.15) is 0 Å². The number of benzene rings is 1. The van der Waals surface area contributed by atoms with E-state index in [0.717, 1.165) is 0 Å². The van der Waals surface area contributed by atoms with E-state index in [0.29, 0.717) is 12.3 Å². The third kappa shape index (κ3) is 2.71. The normalized spacial score (nSPS) is 11.8. The molecule has 0 fully saturated rings. The molecule has 20 heavy (non-hydrogen) atoms. The van der Waals surface area contributed by atoms with Crippen LogP contribution in [0.15, 0.2) is 24.4 Å². The molecule has 8 heteroatoms. The van der Waals surface area contributed by atoms with Gasteiger partial charge < -0.3 is 0 Å². The van der Waals surface area contributed by atoms with Crippen LogP contribution in [-0.4, -0.2) is 4.98 Å². The Bertz CT molecular complexity index is 670. The fraction of sp³-hybridized carbons (Fsp3) is 0.0833. The Kier molecular flexibility index (Phi) is 4.14. The Labute approximate surface area is 126 Å². The number of hydrogen-bond acceptors (Lipinski definition) is 1. The molecule has 1 aromatic heterocycles. The van der Waals surface area contributed by atoms with E-state index in [1.807, 2.05) is 0 Å². The molecular formula is C12H4Cl3F4N. The smallest absolute Gasteiger partial charge is 0.228 e. The summed E-state index contributed by atoms with van der Waals surface area (Å²) < 4.78 is 52.7. The third-order valence-electron chi connectivity index (χ3n) is 2.50. The van der Waals surface area contributed by atoms with Crippen LogP contribution in [0.3, 0.4) is 0 Å². The molecule has 0 saturated carbocycles. The first-order chi connectivity index (χ1) is 9.23. The van der Waals surface area contributed by atoms with Gasteiger partial charge in [-0.3, -0.25) is 0 Å². The zero-order valence-corrected chi connectivity index (χ0v) is 11.7. The van der Waals surface area contributed by atoms with Crippen molar-refractivity contribution in [1.82, 2.24) is 4.98 Å². The summed E-state index contributed by atoms with van der Waals surface area (Å²) in [5.41, 5.74) is -2.38. The molecule has 0 atom stereocenters. The molecule has 106 valence electrons. The number of alkyl halides is 3. The highest BCUT2D eigenvalue weighted by Crippen LogP contribution is 2.45. The van der Waals surface area contributed by atoms with E-state index in [4.69, 9.17) is 34.8 Å². The molecule has 0 aliphatic heterocycles. The van der Waals surface area contributed by atoms with Gasteiger partial charge in [-0.2, -0.15) is 17.6 Å². The minimum absolute atomic E-state index is 0.0394. The summed E-state index contributed by atoms with van der Waals surface area (Å²) in [6.45, 7) is 0. The zero-order valence-electron chi connectivity index (χ0n) is 9.40. The zero-order chi connectivity index (χ0) is 15.1. The van der Waals surface area contributed by atoms with Crippen molar-refractivity contribution in [2.75, 3.05) is 0 Å². The van der Waals surface area contributed by atoms with Crippen LogP contribution in [0, 0.1) is 5.95 Å². The highest BCUT2D eigenvalue weighted by atomic mass is 35.5. The quantitative estimate of drug-likeness (QED) is 0.358. The van der Waals surface area contributed by atoms with Crippen molar-refractivity contribution in [1.29, 1.82) is 0 Å². The van der Waals surface area contributed by atoms with Gasteiger partial charge in [-0.15, -0.1) is 0 Å². The predicted molar refractivity (Wildman–Crippen MR) is 69.7 cm³/mol. The maximum absolute atomic E-state index is 13.8. The van der Waals surface area contributed by atoms with E-state index in [-0.39, 0.29) is 20.6 Å². The Morgan fingerprint density at radius 3 is 2.10 bits per heavy atom. The van der Waals surface area contributed by atoms with Crippen molar-refractivity contribution in [3.05, 3.63) is 51.0 Å². The third-order valence-corrected chi connectivity index (χ3v) is 3.62. The van der Waals surface area contributed by atoms with Crippen LogP contribution in [-0.2, 0) is 6.18 Å². The van der Waals surface area contributed by atoms with E-state index in [9.17, 15) is 17.6 Å². The molecule has 2 aromatic rings. The van der Waals surface area contributed by atoms with Gasteiger partial charge in [0.25, 0.3) is 0 Å². The fourth-order valence-electron chi connectivity index (χ4n) is 1.67. The van der Waals surface area contributed by atoms with Crippen molar-refractivity contribution >= 4 is 34.8 Å². The molecular weight excluding hydrogens is 340 g/mol. The summed E-state index contributed by atoms with van der Waals surface area (Å²) in [7, 11) is 0. The van der Waals surface area contributed by atoms with Crippen LogP contribution in [0.4, 0.5) is 17.6 Å². The fourth-order valence-corrected chi connectivity index (χ4v) is 2.38. The maximum atomic E-state index is 13.8. The number of halogens is 7. The van der Waals surface area contributed by atoms with Crippen LogP contribution in [0.2, 0.25) is 15.1 Å². The van der Waals surface area contributed by atoms with Gasteiger partial charge >= 0.3 is 6.18 Å². The second kappa shape index (κ2) is 5.39. The van der Waals surface area contributed by atoms with Gasteiger partial charge in [-0.1, -0.05) is 34.8 Å². The lowest BCUT2D eigenvalue weighted by Crippen LogP contribution is -2.10. The molecule has 0 amide bonds. The van der Waals surface area contributed by atoms with Crippen molar-refractivity contribution in [3.8, 4) is 11.1 Å². The molecule has 0 spiro atoms. The van der Waals surface area contributed by atoms with Crippen LogP contribution in [0.25, 0.3) is 11.1 Å². The SMILES string of the molecule is Fc1nccc(C(F)(F)F)c1-c1c(Cl)ccc(Cl)c1Cl. The van der Waals surface area contributed by atoms with Crippen molar-refractivity contribution in [2.45, 2.75) is 6.18 Å². The van der Waals surface area contributed by atoms with E-state index in [2.05, 4.69) is 4.98 Å². The lowest BCUT2D eigenvalue weighted by molar-refractivity contribution is -0.137. The lowest BCUT2D eigenvalue weighted by Gasteiger charge is -2.15. The monoisotopic (exact) mass is 343 g/mol. The largest absolute Gasteiger partial charge is 0.417 e. The molecule has 0 N–H and O–H groups in total. The van der Waals surface area contributed by atoms with E-state index >= 15 is 0 Å². The summed E-state index contributed by atoms with van der Waals surface area (Å²) >= 11 is 17.4. The van der Waals surface area contributed by atoms with Crippen LogP contribution >= 0.6 is 34.8 Å². The Morgan fingerprint density at radius 2 is 1.50 bits per heavy atom. The summed E-state index contributed by atoms with van der Waals surface area (Å²) in [6, 6.07) is 3.18. The van der Waals surface area contributed by atoms with Crippen LogP contribution in [0.1, 0.15) is 5.56 Å². The van der Waals surface area contributed by atoms with Crippen molar-refractivity contribution in [2.24, 2.45) is 0 Å². The van der Waals surface area contributed by atoms with Gasteiger partial charge in [0.2, 0.25) is 5.95 Å². The maximum Gasteiger partial charge on any atom is 0.417 e. The number of aromatic nitrogens is 1. The molecule has 0 unspecified atom stereocenters. The first kappa shape index (κ1) is 15.4. The first-order valence-corrected chi connectivity index (χ1v) is 6.22. The van der Waals surface area contributed by atoms with Gasteiger partial charge in [0, 0.05) is 11.8 Å². The molecule has 1 nitrogen and oxygen atoms in total. The van der Waals surface area contributed by atoms with Crippen LogP contribution < -0.4 is 0 Å². The average Bonchev–Trinajstić information content (AvgIpc) is 2.35. The first-order valence-electron chi connectivity index (χ1n) is 5.09. The van der Waals surface area contributed by atoms with Gasteiger partial charge in [0.05, 0.1) is 26.2 Å². The van der Waals surface area contributed by atoms with Crippen molar-refractivity contribution in [3.63, 3.8) is 0 Å². The van der Waals surface area contributed by atoms with E-state index < -0.39 is 23.3 Å². The molecule has 0 bridgehead atoms. The van der Waals surface area contributed by atoms with E-state index in [1.54, 1.807) is 0 Å². The molecule has 0 saturated heterocycles. The molecule has 1 heterocycles. The standard InChI is InChI=1S/C12H4Cl3F4N/c13-6-1-2-7(14)10(15)9(6)8-5(12(17,18)19)3-4-20-11(8)16/h1-4H. The molecule has 0 aliphatic rings. The Hall–Kier alpha value is -1.04. The number of nitrogens with zero attached hydrogens (tertiary/aromatic N) is 1. The summed E-state index contributed by atoms with van der Waals surface area (Å²) in [4.78, 5) is 3.21. The van der Waals surface area contributed by atoms with Gasteiger partial charge in [-0.05, 0) is 18.2 Å². The summed E-state index contributed by atoms with van der Waals surface area (Å²) in [6.07, 6.45) is -4.07. The highest BCUT2D eigenvalue weighted by Gasteiger charge is 2.36. The highest BCUT2D eigenvalue weighted by molar-refractivity contribution is 6.46. The summed E-state index contributed by atoms with van der Waals surface area (Å²) in [5.74, 6) is -1.33. The molecule has 2 rings (SSSR count). The molecule has 1 aromatic carbocycles. The minimum atomic E-state index is -4.78. The van der Waals surface area contributed by atoms with Gasteiger partial charge in [-0.25, -0.2) is 4.98 Å².